The Hall–Kier alpha value is -4.70. The molecule has 0 amide bonds. The maximum atomic E-state index is 6.88. The molecule has 0 radical (unpaired) electrons. The average Bonchev–Trinajstić information content (AvgIpc) is 3.23. The Morgan fingerprint density at radius 2 is 1.32 bits per heavy atom. The summed E-state index contributed by atoms with van der Waals surface area (Å²) in [5, 5.41) is 1.33. The second-order valence-electron chi connectivity index (χ2n) is 10.2. The van der Waals surface area contributed by atoms with Crippen molar-refractivity contribution in [3.63, 3.8) is 0 Å². The highest BCUT2D eigenvalue weighted by Crippen LogP contribution is 2.43. The molecule has 3 heterocycles. The van der Waals surface area contributed by atoms with Gasteiger partial charge in [0.2, 0.25) is 0 Å². The number of fused-ring (bicyclic) bond motifs is 4. The van der Waals surface area contributed by atoms with E-state index in [1.54, 1.807) is 0 Å². The lowest BCUT2D eigenvalue weighted by molar-refractivity contribution is 0.488. The quantitative estimate of drug-likeness (QED) is 0.259. The number of aromatic nitrogens is 1. The van der Waals surface area contributed by atoms with Crippen LogP contribution in [-0.2, 0) is 0 Å². The smallest absolute Gasteiger partial charge is 0.256 e. The normalized spacial score (nSPS) is 12.6. The Morgan fingerprint density at radius 3 is 2.05 bits per heavy atom. The Morgan fingerprint density at radius 1 is 0.658 bits per heavy atom. The van der Waals surface area contributed by atoms with E-state index in [0.717, 1.165) is 28.6 Å². The zero-order chi connectivity index (χ0) is 25.4. The Kier molecular flexibility index (Phi) is 4.45. The fraction of sp³-hybridized carbons (Fsp3) is 0.0588. The van der Waals surface area contributed by atoms with E-state index in [-0.39, 0.29) is 6.71 Å². The molecule has 0 spiro atoms. The molecule has 3 nitrogen and oxygen atoms in total. The number of aryl methyl sites for hydroxylation is 1. The van der Waals surface area contributed by atoms with Gasteiger partial charge in [0.15, 0.2) is 0 Å². The van der Waals surface area contributed by atoms with Crippen molar-refractivity contribution in [1.29, 1.82) is 0 Å². The molecule has 0 bridgehead atoms. The van der Waals surface area contributed by atoms with Crippen molar-refractivity contribution in [2.75, 3.05) is 4.90 Å². The molecule has 0 unspecified atom stereocenters. The first kappa shape index (κ1) is 21.4. The van der Waals surface area contributed by atoms with Gasteiger partial charge < -0.3 is 14.2 Å². The van der Waals surface area contributed by atoms with Crippen LogP contribution in [0.2, 0.25) is 0 Å². The van der Waals surface area contributed by atoms with Crippen LogP contribution in [0, 0.1) is 13.8 Å². The predicted molar refractivity (Wildman–Crippen MR) is 159 cm³/mol. The van der Waals surface area contributed by atoms with Crippen LogP contribution in [0.3, 0.4) is 0 Å². The second-order valence-corrected chi connectivity index (χ2v) is 10.2. The van der Waals surface area contributed by atoms with Crippen molar-refractivity contribution in [2.45, 2.75) is 13.8 Å². The van der Waals surface area contributed by atoms with Crippen LogP contribution in [0.15, 0.2) is 115 Å². The zero-order valence-electron chi connectivity index (χ0n) is 21.3. The summed E-state index contributed by atoms with van der Waals surface area (Å²) in [4.78, 5) is 2.30. The fourth-order valence-electron chi connectivity index (χ4n) is 6.51. The minimum Gasteiger partial charge on any atom is -0.456 e. The van der Waals surface area contributed by atoms with Crippen LogP contribution >= 0.6 is 0 Å². The van der Waals surface area contributed by atoms with Gasteiger partial charge in [-0.1, -0.05) is 72.8 Å². The van der Waals surface area contributed by atoms with E-state index < -0.39 is 0 Å². The molecule has 0 aliphatic carbocycles. The van der Waals surface area contributed by atoms with E-state index in [1.165, 1.54) is 44.2 Å². The number of hydrogen-bond acceptors (Lipinski definition) is 2. The number of rotatable bonds is 3. The standard InChI is InChI=1S/C34H25BN2O/c1-22-23(2)36-29-19-11-21-31-32(29)35(27-17-9-16-26(22)33(27)36)28-18-10-20-30(34(28)38-31)37(24-12-5-3-6-13-24)25-14-7-4-8-15-25/h3-21H,1-2H3. The van der Waals surface area contributed by atoms with Crippen LogP contribution in [0.4, 0.5) is 17.1 Å². The molecule has 1 aromatic heterocycles. The van der Waals surface area contributed by atoms with Gasteiger partial charge in [0, 0.05) is 33.7 Å². The molecular weight excluding hydrogens is 463 g/mol. The highest BCUT2D eigenvalue weighted by atomic mass is 16.5. The number of nitrogens with zero attached hydrogens (tertiary/aromatic N) is 2. The van der Waals surface area contributed by atoms with Crippen molar-refractivity contribution in [2.24, 2.45) is 0 Å². The third kappa shape index (κ3) is 2.80. The topological polar surface area (TPSA) is 17.4 Å². The number of benzene rings is 5. The second kappa shape index (κ2) is 7.90. The van der Waals surface area contributed by atoms with Crippen molar-refractivity contribution in [3.05, 3.63) is 127 Å². The molecular formula is C34H25BN2O. The van der Waals surface area contributed by atoms with E-state index >= 15 is 0 Å². The summed E-state index contributed by atoms with van der Waals surface area (Å²) in [6, 6.07) is 40.9. The largest absolute Gasteiger partial charge is 0.456 e. The van der Waals surface area contributed by atoms with E-state index in [0.29, 0.717) is 0 Å². The maximum absolute atomic E-state index is 6.88. The molecule has 2 aliphatic heterocycles. The minimum atomic E-state index is 0.100. The van der Waals surface area contributed by atoms with Crippen molar-refractivity contribution < 1.29 is 4.74 Å². The summed E-state index contributed by atoms with van der Waals surface area (Å²) in [5.41, 5.74) is 12.2. The predicted octanol–water partition coefficient (Wildman–Crippen LogP) is 6.65. The maximum Gasteiger partial charge on any atom is 0.256 e. The molecule has 5 aromatic carbocycles. The van der Waals surface area contributed by atoms with Crippen molar-refractivity contribution >= 4 is 51.1 Å². The van der Waals surface area contributed by atoms with Gasteiger partial charge in [-0.05, 0) is 78.3 Å². The molecule has 0 atom stereocenters. The lowest BCUT2D eigenvalue weighted by atomic mass is 9.34. The third-order valence-corrected chi connectivity index (χ3v) is 8.27. The molecule has 0 fully saturated rings. The van der Waals surface area contributed by atoms with Gasteiger partial charge in [-0.25, -0.2) is 0 Å². The highest BCUT2D eigenvalue weighted by molar-refractivity contribution is 6.99. The Balaban J connectivity index is 1.43. The SMILES string of the molecule is Cc1c(C)n2c3c(cccc13)B1c3cccc(N(c4ccccc4)c4ccccc4)c3Oc3cccc-2c31. The lowest BCUT2D eigenvalue weighted by Gasteiger charge is -2.36. The molecule has 0 saturated carbocycles. The highest BCUT2D eigenvalue weighted by Gasteiger charge is 2.41. The van der Waals surface area contributed by atoms with Crippen LogP contribution in [0.5, 0.6) is 11.5 Å². The Labute approximate surface area is 222 Å². The molecule has 0 saturated heterocycles. The fourth-order valence-corrected chi connectivity index (χ4v) is 6.51. The number of ether oxygens (including phenoxy) is 1. The van der Waals surface area contributed by atoms with Crippen LogP contribution in [0.1, 0.15) is 11.3 Å². The van der Waals surface area contributed by atoms with Gasteiger partial charge in [-0.15, -0.1) is 0 Å². The summed E-state index contributed by atoms with van der Waals surface area (Å²) in [5.74, 6) is 1.85. The molecule has 6 aromatic rings. The summed E-state index contributed by atoms with van der Waals surface area (Å²) in [6.07, 6.45) is 0. The molecule has 2 aliphatic rings. The van der Waals surface area contributed by atoms with Crippen molar-refractivity contribution in [3.8, 4) is 17.2 Å². The molecule has 38 heavy (non-hydrogen) atoms. The van der Waals surface area contributed by atoms with E-state index in [9.17, 15) is 0 Å². The average molecular weight is 488 g/mol. The first-order valence-corrected chi connectivity index (χ1v) is 13.2. The van der Waals surface area contributed by atoms with E-state index in [4.69, 9.17) is 4.74 Å². The first-order valence-electron chi connectivity index (χ1n) is 13.2. The van der Waals surface area contributed by atoms with E-state index in [2.05, 4.69) is 139 Å². The lowest BCUT2D eigenvalue weighted by Crippen LogP contribution is -2.58. The number of para-hydroxylation sites is 4. The van der Waals surface area contributed by atoms with Gasteiger partial charge in [0.1, 0.15) is 11.5 Å². The number of anilines is 3. The summed E-state index contributed by atoms with van der Waals surface area (Å²) in [7, 11) is 0. The monoisotopic (exact) mass is 488 g/mol. The van der Waals surface area contributed by atoms with Crippen molar-refractivity contribution in [1.82, 2.24) is 4.57 Å². The van der Waals surface area contributed by atoms with Crippen LogP contribution in [-0.4, -0.2) is 11.3 Å². The van der Waals surface area contributed by atoms with Gasteiger partial charge in [0.25, 0.3) is 6.71 Å². The number of hydrogen-bond donors (Lipinski definition) is 0. The third-order valence-electron chi connectivity index (χ3n) is 8.27. The van der Waals surface area contributed by atoms with Crippen LogP contribution in [0.25, 0.3) is 16.6 Å². The summed E-state index contributed by atoms with van der Waals surface area (Å²) >= 11 is 0. The molecule has 4 heteroatoms. The zero-order valence-corrected chi connectivity index (χ0v) is 21.3. The Bertz CT molecular complexity index is 1840. The minimum absolute atomic E-state index is 0.100. The van der Waals surface area contributed by atoms with E-state index in [1.807, 2.05) is 0 Å². The first-order chi connectivity index (χ1) is 18.7. The summed E-state index contributed by atoms with van der Waals surface area (Å²) in [6.45, 7) is 4.57. The van der Waals surface area contributed by atoms with Gasteiger partial charge in [-0.2, -0.15) is 0 Å². The van der Waals surface area contributed by atoms with Crippen LogP contribution < -0.4 is 26.0 Å². The molecule has 8 rings (SSSR count). The van der Waals surface area contributed by atoms with Gasteiger partial charge in [-0.3, -0.25) is 0 Å². The molecule has 180 valence electrons. The van der Waals surface area contributed by atoms with Gasteiger partial charge in [0.05, 0.1) is 5.69 Å². The summed E-state index contributed by atoms with van der Waals surface area (Å²) < 4.78 is 9.32. The molecule has 0 N–H and O–H groups in total. The van der Waals surface area contributed by atoms with Gasteiger partial charge >= 0.3 is 0 Å².